The molecule has 11 nitrogen and oxygen atoms in total. The number of H-pyrrole nitrogens is 1. The molecule has 33 heavy (non-hydrogen) atoms. The van der Waals surface area contributed by atoms with Crippen molar-refractivity contribution in [3.63, 3.8) is 0 Å². The van der Waals surface area contributed by atoms with Crippen LogP contribution >= 0.6 is 11.6 Å². The van der Waals surface area contributed by atoms with Gasteiger partial charge in [0.25, 0.3) is 5.89 Å². The SMILES string of the molecule is Cc1c(-c2nnc(C(=O)N3CCc4[nH]cnc4[C@H]3c3cc4cccc(Cl)n4n3)o2)cnn1C. The second kappa shape index (κ2) is 7.27. The number of pyridine rings is 1. The van der Waals surface area contributed by atoms with Crippen LogP contribution in [0.3, 0.4) is 0 Å². The molecular weight excluding hydrogens is 446 g/mol. The molecule has 5 aromatic rings. The number of nitrogens with zero attached hydrogens (tertiary/aromatic N) is 8. The van der Waals surface area contributed by atoms with E-state index in [0.29, 0.717) is 29.4 Å². The summed E-state index contributed by atoms with van der Waals surface area (Å²) in [6, 6.07) is 6.89. The van der Waals surface area contributed by atoms with Crippen LogP contribution < -0.4 is 0 Å². The minimum atomic E-state index is -0.529. The largest absolute Gasteiger partial charge is 0.412 e. The van der Waals surface area contributed by atoms with E-state index < -0.39 is 11.9 Å². The Hall–Kier alpha value is -3.99. The summed E-state index contributed by atoms with van der Waals surface area (Å²) in [6.07, 6.45) is 3.88. The highest BCUT2D eigenvalue weighted by Crippen LogP contribution is 2.35. The van der Waals surface area contributed by atoms with Crippen LogP contribution in [0, 0.1) is 6.92 Å². The van der Waals surface area contributed by atoms with Crippen molar-refractivity contribution < 1.29 is 9.21 Å². The molecule has 5 aromatic heterocycles. The van der Waals surface area contributed by atoms with Gasteiger partial charge in [0.15, 0.2) is 0 Å². The third-order valence-corrected chi connectivity index (χ3v) is 6.28. The zero-order valence-corrected chi connectivity index (χ0v) is 18.5. The van der Waals surface area contributed by atoms with E-state index >= 15 is 0 Å². The average Bonchev–Trinajstić information content (AvgIpc) is 3.60. The van der Waals surface area contributed by atoms with Crippen LogP contribution in [0.4, 0.5) is 0 Å². The van der Waals surface area contributed by atoms with Gasteiger partial charge in [-0.25, -0.2) is 9.50 Å². The zero-order chi connectivity index (χ0) is 22.7. The third-order valence-electron chi connectivity index (χ3n) is 6.00. The number of hydrogen-bond donors (Lipinski definition) is 1. The first-order valence-electron chi connectivity index (χ1n) is 10.3. The van der Waals surface area contributed by atoms with Gasteiger partial charge in [-0.05, 0) is 25.1 Å². The fraction of sp³-hybridized carbons (Fsp3) is 0.238. The summed E-state index contributed by atoms with van der Waals surface area (Å²) >= 11 is 6.32. The lowest BCUT2D eigenvalue weighted by molar-refractivity contribution is 0.0646. The first-order chi connectivity index (χ1) is 16.0. The molecule has 0 unspecified atom stereocenters. The van der Waals surface area contributed by atoms with E-state index in [-0.39, 0.29) is 11.8 Å². The molecule has 0 bridgehead atoms. The van der Waals surface area contributed by atoms with Crippen molar-refractivity contribution in [2.75, 3.05) is 6.54 Å². The van der Waals surface area contributed by atoms with Gasteiger partial charge in [0.2, 0.25) is 0 Å². The van der Waals surface area contributed by atoms with E-state index in [1.807, 2.05) is 32.2 Å². The van der Waals surface area contributed by atoms with Crippen LogP contribution in [0.15, 0.2) is 41.2 Å². The molecular formula is C21H18ClN9O2. The highest BCUT2D eigenvalue weighted by molar-refractivity contribution is 6.29. The lowest BCUT2D eigenvalue weighted by Gasteiger charge is -2.32. The molecule has 6 rings (SSSR count). The maximum atomic E-state index is 13.5. The Morgan fingerprint density at radius 1 is 1.30 bits per heavy atom. The Morgan fingerprint density at radius 3 is 2.97 bits per heavy atom. The highest BCUT2D eigenvalue weighted by Gasteiger charge is 2.38. The summed E-state index contributed by atoms with van der Waals surface area (Å²) in [5, 5.41) is 17.4. The number of nitrogens with one attached hydrogen (secondary N) is 1. The van der Waals surface area contributed by atoms with Crippen molar-refractivity contribution >= 4 is 23.0 Å². The summed E-state index contributed by atoms with van der Waals surface area (Å²) in [6.45, 7) is 2.33. The molecule has 12 heteroatoms. The Bertz CT molecular complexity index is 1510. The molecule has 1 atom stereocenters. The van der Waals surface area contributed by atoms with Crippen molar-refractivity contribution in [3.8, 4) is 11.5 Å². The number of halogens is 1. The highest BCUT2D eigenvalue weighted by atomic mass is 35.5. The molecule has 1 aliphatic rings. The van der Waals surface area contributed by atoms with Gasteiger partial charge in [0.05, 0.1) is 35.0 Å². The van der Waals surface area contributed by atoms with Crippen molar-refractivity contribution in [1.82, 2.24) is 44.5 Å². The van der Waals surface area contributed by atoms with Crippen LogP contribution in [-0.4, -0.2) is 56.9 Å². The lowest BCUT2D eigenvalue weighted by atomic mass is 9.99. The van der Waals surface area contributed by atoms with Gasteiger partial charge in [-0.3, -0.25) is 9.48 Å². The number of fused-ring (bicyclic) bond motifs is 2. The molecule has 0 aliphatic carbocycles. The number of aryl methyl sites for hydroxylation is 1. The fourth-order valence-corrected chi connectivity index (χ4v) is 4.39. The van der Waals surface area contributed by atoms with E-state index in [1.165, 1.54) is 0 Å². The molecule has 0 aromatic carbocycles. The Balaban J connectivity index is 1.41. The van der Waals surface area contributed by atoms with E-state index in [4.69, 9.17) is 16.0 Å². The van der Waals surface area contributed by atoms with E-state index in [2.05, 4.69) is 30.4 Å². The summed E-state index contributed by atoms with van der Waals surface area (Å²) in [7, 11) is 1.82. The van der Waals surface area contributed by atoms with Crippen molar-refractivity contribution in [1.29, 1.82) is 0 Å². The van der Waals surface area contributed by atoms with Gasteiger partial charge in [-0.2, -0.15) is 10.2 Å². The summed E-state index contributed by atoms with van der Waals surface area (Å²) in [5.41, 5.74) is 4.70. The maximum absolute atomic E-state index is 13.5. The standard InChI is InChI=1S/C21H18ClN9O2/c1-11-13(9-25-29(11)2)19-26-27-20(33-19)21(32)30-7-6-14-17(24-10-23-14)18(30)15-8-12-4-3-5-16(22)31(12)28-15/h3-5,8-10,18H,6-7H2,1-2H3,(H,23,24)/t18-/m1/s1. The number of amides is 1. The monoisotopic (exact) mass is 463 g/mol. The number of carbonyl (C=O) groups excluding carboxylic acids is 1. The number of aromatic nitrogens is 8. The van der Waals surface area contributed by atoms with Crippen molar-refractivity contribution in [3.05, 3.63) is 70.6 Å². The summed E-state index contributed by atoms with van der Waals surface area (Å²) < 4.78 is 9.11. The van der Waals surface area contributed by atoms with Crippen molar-refractivity contribution in [2.24, 2.45) is 7.05 Å². The average molecular weight is 464 g/mol. The Morgan fingerprint density at radius 2 is 2.18 bits per heavy atom. The number of imidazole rings is 1. The van der Waals surface area contributed by atoms with Gasteiger partial charge in [-0.15, -0.1) is 10.2 Å². The van der Waals surface area contributed by atoms with E-state index in [1.54, 1.807) is 32.7 Å². The molecule has 1 amide bonds. The smallest absolute Gasteiger partial charge is 0.312 e. The second-order valence-electron chi connectivity index (χ2n) is 7.85. The van der Waals surface area contributed by atoms with Gasteiger partial charge < -0.3 is 14.3 Å². The molecule has 166 valence electrons. The van der Waals surface area contributed by atoms with Crippen LogP contribution in [-0.2, 0) is 13.5 Å². The molecule has 0 saturated heterocycles. The van der Waals surface area contributed by atoms with Crippen LogP contribution in [0.2, 0.25) is 5.15 Å². The Kier molecular flexibility index (Phi) is 4.34. The van der Waals surface area contributed by atoms with Crippen LogP contribution in [0.25, 0.3) is 17.0 Å². The molecule has 0 spiro atoms. The van der Waals surface area contributed by atoms with E-state index in [9.17, 15) is 4.79 Å². The molecule has 1 N–H and O–H groups in total. The lowest BCUT2D eigenvalue weighted by Crippen LogP contribution is -2.41. The molecule has 6 heterocycles. The van der Waals surface area contributed by atoms with Crippen LogP contribution in [0.1, 0.15) is 39.5 Å². The first-order valence-corrected chi connectivity index (χ1v) is 10.7. The predicted octanol–water partition coefficient (Wildman–Crippen LogP) is 2.59. The predicted molar refractivity (Wildman–Crippen MR) is 117 cm³/mol. The van der Waals surface area contributed by atoms with Crippen LogP contribution in [0.5, 0.6) is 0 Å². The van der Waals surface area contributed by atoms with Gasteiger partial charge in [0.1, 0.15) is 11.2 Å². The summed E-state index contributed by atoms with van der Waals surface area (Å²) in [4.78, 5) is 22.9. The topological polar surface area (TPSA) is 123 Å². The fourth-order valence-electron chi connectivity index (χ4n) is 4.18. The molecule has 0 radical (unpaired) electrons. The first kappa shape index (κ1) is 19.7. The number of aromatic amines is 1. The quantitative estimate of drug-likeness (QED) is 0.408. The van der Waals surface area contributed by atoms with Crippen molar-refractivity contribution in [2.45, 2.75) is 19.4 Å². The minimum Gasteiger partial charge on any atom is -0.412 e. The van der Waals surface area contributed by atoms with Gasteiger partial charge in [-0.1, -0.05) is 17.7 Å². The Labute approximate surface area is 192 Å². The number of hydrogen-bond acceptors (Lipinski definition) is 7. The van der Waals surface area contributed by atoms with Gasteiger partial charge >= 0.3 is 11.8 Å². The second-order valence-corrected chi connectivity index (χ2v) is 8.24. The minimum absolute atomic E-state index is 0.0981. The number of carbonyl (C=O) groups is 1. The molecule has 1 aliphatic heterocycles. The molecule has 0 saturated carbocycles. The third kappa shape index (κ3) is 3.04. The van der Waals surface area contributed by atoms with E-state index in [0.717, 1.165) is 22.6 Å². The normalized spacial score (nSPS) is 15.8. The summed E-state index contributed by atoms with van der Waals surface area (Å²) in [5.74, 6) is -0.242. The van der Waals surface area contributed by atoms with Gasteiger partial charge in [0, 0.05) is 31.4 Å². The molecule has 0 fully saturated rings. The maximum Gasteiger partial charge on any atom is 0.312 e. The number of rotatable bonds is 3. The zero-order valence-electron chi connectivity index (χ0n) is 17.7.